The molecule has 0 atom stereocenters. The highest BCUT2D eigenvalue weighted by Gasteiger charge is 1.97. The number of carbonyl (C=O) groups is 1. The van der Waals surface area contributed by atoms with Crippen molar-refractivity contribution in [1.82, 2.24) is 9.97 Å². The van der Waals surface area contributed by atoms with Crippen LogP contribution in [0.3, 0.4) is 0 Å². The van der Waals surface area contributed by atoms with Gasteiger partial charge in [0.05, 0.1) is 6.54 Å². The number of hydrogen-bond donors (Lipinski definition) is 4. The Morgan fingerprint density at radius 1 is 1.60 bits per heavy atom. The van der Waals surface area contributed by atoms with Crippen LogP contribution in [0.1, 0.15) is 0 Å². The van der Waals surface area contributed by atoms with E-state index in [0.29, 0.717) is 18.3 Å². The summed E-state index contributed by atoms with van der Waals surface area (Å²) in [6.07, 6.45) is 0.739. The maximum absolute atomic E-state index is 10.2. The summed E-state index contributed by atoms with van der Waals surface area (Å²) < 4.78 is 4.51. The summed E-state index contributed by atoms with van der Waals surface area (Å²) in [6, 6.07) is 1.66. The second-order valence-corrected chi connectivity index (χ2v) is 2.50. The number of aromatic nitrogens is 2. The Balaban J connectivity index is 2.33. The van der Waals surface area contributed by atoms with E-state index in [-0.39, 0.29) is 6.61 Å². The molecule has 0 spiro atoms. The van der Waals surface area contributed by atoms with Crippen LogP contribution in [0.15, 0.2) is 12.3 Å². The van der Waals surface area contributed by atoms with Gasteiger partial charge in [-0.05, 0) is 6.07 Å². The van der Waals surface area contributed by atoms with Crippen molar-refractivity contribution < 1.29 is 9.53 Å². The van der Waals surface area contributed by atoms with E-state index >= 15 is 0 Å². The SMILES string of the molecule is NNc1nccc(NCCOC(N)=O)n1. The summed E-state index contributed by atoms with van der Waals surface area (Å²) in [4.78, 5) is 18.0. The summed E-state index contributed by atoms with van der Waals surface area (Å²) in [5.41, 5.74) is 7.08. The number of amides is 1. The van der Waals surface area contributed by atoms with Crippen LogP contribution in [0.2, 0.25) is 0 Å². The predicted octanol–water partition coefficient (Wildman–Crippen LogP) is -0.731. The highest BCUT2D eigenvalue weighted by atomic mass is 16.5. The van der Waals surface area contributed by atoms with Crippen molar-refractivity contribution in [3.05, 3.63) is 12.3 Å². The lowest BCUT2D eigenvalue weighted by Crippen LogP contribution is -2.19. The van der Waals surface area contributed by atoms with Crippen molar-refractivity contribution in [2.75, 3.05) is 23.9 Å². The number of nitrogens with zero attached hydrogens (tertiary/aromatic N) is 2. The Labute approximate surface area is 86.0 Å². The molecule has 0 radical (unpaired) electrons. The number of carbonyl (C=O) groups excluding carboxylic acids is 1. The smallest absolute Gasteiger partial charge is 0.404 e. The van der Waals surface area contributed by atoms with Crippen molar-refractivity contribution in [2.24, 2.45) is 11.6 Å². The van der Waals surface area contributed by atoms with E-state index < -0.39 is 6.09 Å². The van der Waals surface area contributed by atoms with Crippen LogP contribution >= 0.6 is 0 Å². The molecule has 8 heteroatoms. The Kier molecular flexibility index (Phi) is 4.10. The van der Waals surface area contributed by atoms with Crippen molar-refractivity contribution in [3.63, 3.8) is 0 Å². The first kappa shape index (κ1) is 11.0. The molecule has 1 rings (SSSR count). The van der Waals surface area contributed by atoms with Gasteiger partial charge in [-0.25, -0.2) is 15.6 Å². The largest absolute Gasteiger partial charge is 0.448 e. The van der Waals surface area contributed by atoms with Gasteiger partial charge in [-0.3, -0.25) is 5.43 Å². The normalized spacial score (nSPS) is 9.40. The van der Waals surface area contributed by atoms with Crippen LogP contribution in [-0.2, 0) is 4.74 Å². The summed E-state index contributed by atoms with van der Waals surface area (Å²) >= 11 is 0. The minimum atomic E-state index is -0.802. The number of hydrazine groups is 1. The number of anilines is 2. The molecule has 1 aromatic heterocycles. The molecular formula is C7H12N6O2. The van der Waals surface area contributed by atoms with Gasteiger partial charge in [0.25, 0.3) is 0 Å². The molecule has 0 aliphatic rings. The summed E-state index contributed by atoms with van der Waals surface area (Å²) in [6.45, 7) is 0.578. The highest BCUT2D eigenvalue weighted by molar-refractivity contribution is 5.64. The number of nitrogens with one attached hydrogen (secondary N) is 2. The highest BCUT2D eigenvalue weighted by Crippen LogP contribution is 2.03. The summed E-state index contributed by atoms with van der Waals surface area (Å²) in [5, 5.41) is 2.90. The lowest BCUT2D eigenvalue weighted by atomic mass is 10.5. The van der Waals surface area contributed by atoms with E-state index in [2.05, 4.69) is 25.4 Å². The van der Waals surface area contributed by atoms with Crippen LogP contribution in [0.5, 0.6) is 0 Å². The maximum atomic E-state index is 10.2. The standard InChI is InChI=1S/C7H12N6O2/c8-6(14)15-4-3-10-5-1-2-11-7(12-5)13-9/h1-2H,3-4,9H2,(H2,8,14)(H2,10,11,12,13). The lowest BCUT2D eigenvalue weighted by Gasteiger charge is -2.06. The molecule has 0 saturated heterocycles. The Morgan fingerprint density at radius 2 is 2.40 bits per heavy atom. The molecule has 0 bridgehead atoms. The van der Waals surface area contributed by atoms with Gasteiger partial charge in [-0.1, -0.05) is 0 Å². The first-order valence-electron chi connectivity index (χ1n) is 4.18. The molecule has 0 saturated carbocycles. The number of hydrogen-bond acceptors (Lipinski definition) is 7. The molecule has 1 amide bonds. The van der Waals surface area contributed by atoms with E-state index in [1.165, 1.54) is 0 Å². The fraction of sp³-hybridized carbons (Fsp3) is 0.286. The zero-order valence-electron chi connectivity index (χ0n) is 7.93. The number of nitrogens with two attached hydrogens (primary N) is 2. The van der Waals surface area contributed by atoms with Gasteiger partial charge in [0.2, 0.25) is 5.95 Å². The third-order valence-corrected chi connectivity index (χ3v) is 1.44. The topological polar surface area (TPSA) is 128 Å². The summed E-state index contributed by atoms with van der Waals surface area (Å²) in [5.74, 6) is 6.00. The van der Waals surface area contributed by atoms with Gasteiger partial charge in [0.1, 0.15) is 12.4 Å². The molecule has 1 heterocycles. The van der Waals surface area contributed by atoms with Crippen LogP contribution in [0.25, 0.3) is 0 Å². The monoisotopic (exact) mass is 212 g/mol. The van der Waals surface area contributed by atoms with Crippen molar-refractivity contribution >= 4 is 17.9 Å². The van der Waals surface area contributed by atoms with E-state index in [0.717, 1.165) is 0 Å². The van der Waals surface area contributed by atoms with Crippen molar-refractivity contribution in [2.45, 2.75) is 0 Å². The zero-order chi connectivity index (χ0) is 11.1. The van der Waals surface area contributed by atoms with E-state index in [9.17, 15) is 4.79 Å². The Bertz CT molecular complexity index is 331. The molecule has 82 valence electrons. The average Bonchev–Trinajstić information content (AvgIpc) is 2.24. The van der Waals surface area contributed by atoms with Crippen LogP contribution in [0.4, 0.5) is 16.6 Å². The number of nitrogen functional groups attached to an aromatic ring is 1. The number of rotatable bonds is 5. The lowest BCUT2D eigenvalue weighted by molar-refractivity contribution is 0.161. The van der Waals surface area contributed by atoms with E-state index in [4.69, 9.17) is 11.6 Å². The second-order valence-electron chi connectivity index (χ2n) is 2.50. The molecule has 0 aliphatic carbocycles. The minimum Gasteiger partial charge on any atom is -0.448 e. The molecule has 8 nitrogen and oxygen atoms in total. The van der Waals surface area contributed by atoms with Gasteiger partial charge in [-0.15, -0.1) is 0 Å². The van der Waals surface area contributed by atoms with Crippen LogP contribution < -0.4 is 22.3 Å². The molecular weight excluding hydrogens is 200 g/mol. The van der Waals surface area contributed by atoms with Gasteiger partial charge in [0.15, 0.2) is 0 Å². The summed E-state index contributed by atoms with van der Waals surface area (Å²) in [7, 11) is 0. The van der Waals surface area contributed by atoms with Crippen LogP contribution in [-0.4, -0.2) is 29.2 Å². The first-order chi connectivity index (χ1) is 7.22. The van der Waals surface area contributed by atoms with Gasteiger partial charge in [0, 0.05) is 6.20 Å². The molecule has 0 aromatic carbocycles. The fourth-order valence-electron chi connectivity index (χ4n) is 0.857. The van der Waals surface area contributed by atoms with Gasteiger partial charge >= 0.3 is 6.09 Å². The molecule has 0 aliphatic heterocycles. The number of primary amides is 1. The Morgan fingerprint density at radius 3 is 3.07 bits per heavy atom. The molecule has 1 aromatic rings. The van der Waals surface area contributed by atoms with Crippen molar-refractivity contribution in [1.29, 1.82) is 0 Å². The zero-order valence-corrected chi connectivity index (χ0v) is 7.93. The molecule has 6 N–H and O–H groups in total. The molecule has 0 unspecified atom stereocenters. The first-order valence-corrected chi connectivity index (χ1v) is 4.18. The quantitative estimate of drug-likeness (QED) is 0.287. The van der Waals surface area contributed by atoms with E-state index in [1.54, 1.807) is 12.3 Å². The predicted molar refractivity (Wildman–Crippen MR) is 53.9 cm³/mol. The fourth-order valence-corrected chi connectivity index (χ4v) is 0.857. The maximum Gasteiger partial charge on any atom is 0.404 e. The molecule has 0 fully saturated rings. The van der Waals surface area contributed by atoms with Gasteiger partial charge in [-0.2, -0.15) is 4.98 Å². The van der Waals surface area contributed by atoms with Gasteiger partial charge < -0.3 is 15.8 Å². The molecule has 15 heavy (non-hydrogen) atoms. The third kappa shape index (κ3) is 4.09. The van der Waals surface area contributed by atoms with Crippen molar-refractivity contribution in [3.8, 4) is 0 Å². The third-order valence-electron chi connectivity index (χ3n) is 1.44. The number of ether oxygens (including phenoxy) is 1. The van der Waals surface area contributed by atoms with E-state index in [1.807, 2.05) is 0 Å². The average molecular weight is 212 g/mol. The Hall–Kier alpha value is -2.09. The minimum absolute atomic E-state index is 0.171. The van der Waals surface area contributed by atoms with Crippen LogP contribution in [0, 0.1) is 0 Å². The second kappa shape index (κ2) is 5.60.